The zero-order valence-corrected chi connectivity index (χ0v) is 8.10. The van der Waals surface area contributed by atoms with Gasteiger partial charge in [-0.3, -0.25) is 4.99 Å². The normalized spacial score (nSPS) is 13.5. The fourth-order valence-electron chi connectivity index (χ4n) is 0.637. The van der Waals surface area contributed by atoms with E-state index in [0.717, 1.165) is 0 Å². The van der Waals surface area contributed by atoms with E-state index in [2.05, 4.69) is 4.99 Å². The van der Waals surface area contributed by atoms with E-state index >= 15 is 0 Å². The van der Waals surface area contributed by atoms with Gasteiger partial charge in [0.1, 0.15) is 0 Å². The molecule has 0 saturated heterocycles. The monoisotopic (exact) mass is 200 g/mol. The van der Waals surface area contributed by atoms with Crippen molar-refractivity contribution in [2.45, 2.75) is 19.0 Å². The van der Waals surface area contributed by atoms with Crippen LogP contribution < -0.4 is 17.2 Å². The number of carboxylic acids is 1. The van der Waals surface area contributed by atoms with Crippen LogP contribution in [0.2, 0.25) is 0 Å². The lowest BCUT2D eigenvalue weighted by Gasteiger charge is -2.15. The molecular weight excluding hydrogens is 184 g/mol. The lowest BCUT2D eigenvalue weighted by molar-refractivity contribution is -0.143. The van der Waals surface area contributed by atoms with Crippen LogP contribution in [0.15, 0.2) is 17.1 Å². The Morgan fingerprint density at radius 3 is 2.50 bits per heavy atom. The molecule has 0 amide bonds. The van der Waals surface area contributed by atoms with Crippen molar-refractivity contribution in [1.82, 2.24) is 0 Å². The van der Waals surface area contributed by atoms with Gasteiger partial charge >= 0.3 is 5.97 Å². The molecule has 80 valence electrons. The van der Waals surface area contributed by atoms with Crippen LogP contribution in [0.5, 0.6) is 0 Å². The van der Waals surface area contributed by atoms with E-state index < -0.39 is 11.6 Å². The molecule has 0 heterocycles. The minimum atomic E-state index is -1.71. The number of aliphatic carboxylic acids is 1. The standard InChI is InChI=1S/C8H16N4O2/c1-6(9)12-5-3-2-4-8(10,11)7(13)14/h2-3H,4-5,10-11H2,1H3,(H2,9,12)(H,13,14). The minimum absolute atomic E-state index is 0.0570. The van der Waals surface area contributed by atoms with Gasteiger partial charge in [-0.2, -0.15) is 0 Å². The zero-order chi connectivity index (χ0) is 11.2. The third-order valence-electron chi connectivity index (χ3n) is 1.47. The van der Waals surface area contributed by atoms with E-state index in [0.29, 0.717) is 12.4 Å². The summed E-state index contributed by atoms with van der Waals surface area (Å²) in [5, 5.41) is 8.55. The van der Waals surface area contributed by atoms with E-state index in [4.69, 9.17) is 22.3 Å². The summed E-state index contributed by atoms with van der Waals surface area (Å²) >= 11 is 0. The quantitative estimate of drug-likeness (QED) is 0.196. The average molecular weight is 200 g/mol. The number of hydrogen-bond donors (Lipinski definition) is 4. The van der Waals surface area contributed by atoms with E-state index in [1.807, 2.05) is 0 Å². The number of aliphatic imine (C=N–C) groups is 1. The maximum atomic E-state index is 10.5. The van der Waals surface area contributed by atoms with Gasteiger partial charge in [0.15, 0.2) is 5.66 Å². The predicted molar refractivity (Wildman–Crippen MR) is 54.7 cm³/mol. The average Bonchev–Trinajstić information content (AvgIpc) is 2.02. The highest BCUT2D eigenvalue weighted by molar-refractivity contribution is 5.78. The van der Waals surface area contributed by atoms with Crippen molar-refractivity contribution in [3.63, 3.8) is 0 Å². The molecular formula is C8H16N4O2. The maximum Gasteiger partial charge on any atom is 0.338 e. The number of carboxylic acid groups (broad SMARTS) is 1. The highest BCUT2D eigenvalue weighted by Crippen LogP contribution is 1.99. The van der Waals surface area contributed by atoms with Crippen molar-refractivity contribution in [2.24, 2.45) is 22.2 Å². The number of amidine groups is 1. The van der Waals surface area contributed by atoms with Gasteiger partial charge in [-0.25, -0.2) is 4.79 Å². The molecule has 0 bridgehead atoms. The molecule has 0 fully saturated rings. The maximum absolute atomic E-state index is 10.5. The first-order valence-electron chi connectivity index (χ1n) is 4.09. The van der Waals surface area contributed by atoms with Crippen LogP contribution in [-0.4, -0.2) is 29.1 Å². The summed E-state index contributed by atoms with van der Waals surface area (Å²) in [4.78, 5) is 14.3. The first-order chi connectivity index (χ1) is 6.36. The van der Waals surface area contributed by atoms with Crippen molar-refractivity contribution in [2.75, 3.05) is 6.54 Å². The summed E-state index contributed by atoms with van der Waals surface area (Å²) in [6.45, 7) is 2.07. The molecule has 0 radical (unpaired) electrons. The van der Waals surface area contributed by atoms with E-state index in [9.17, 15) is 4.79 Å². The van der Waals surface area contributed by atoms with Crippen LogP contribution in [-0.2, 0) is 4.79 Å². The molecule has 0 aromatic heterocycles. The predicted octanol–water partition coefficient (Wildman–Crippen LogP) is -0.992. The molecule has 0 rings (SSSR count). The topological polar surface area (TPSA) is 128 Å². The van der Waals surface area contributed by atoms with Gasteiger partial charge in [-0.1, -0.05) is 12.2 Å². The number of rotatable bonds is 5. The summed E-state index contributed by atoms with van der Waals surface area (Å²) in [6.07, 6.45) is 3.29. The number of nitrogens with two attached hydrogens (primary N) is 3. The molecule has 0 atom stereocenters. The van der Waals surface area contributed by atoms with E-state index in [1.165, 1.54) is 0 Å². The van der Waals surface area contributed by atoms with Crippen LogP contribution in [0.25, 0.3) is 0 Å². The second kappa shape index (κ2) is 5.36. The van der Waals surface area contributed by atoms with Crippen LogP contribution in [0.1, 0.15) is 13.3 Å². The van der Waals surface area contributed by atoms with Gasteiger partial charge in [0.25, 0.3) is 0 Å². The third-order valence-corrected chi connectivity index (χ3v) is 1.47. The Balaban J connectivity index is 3.94. The molecule has 0 aromatic carbocycles. The molecule has 0 aliphatic rings. The van der Waals surface area contributed by atoms with Crippen LogP contribution in [0, 0.1) is 0 Å². The Morgan fingerprint density at radius 2 is 2.07 bits per heavy atom. The van der Waals surface area contributed by atoms with Gasteiger partial charge in [-0.15, -0.1) is 0 Å². The molecule has 0 aliphatic carbocycles. The van der Waals surface area contributed by atoms with Gasteiger partial charge in [0, 0.05) is 6.42 Å². The third kappa shape index (κ3) is 5.28. The molecule has 0 aliphatic heterocycles. The Morgan fingerprint density at radius 1 is 1.50 bits per heavy atom. The van der Waals surface area contributed by atoms with Crippen LogP contribution in [0.3, 0.4) is 0 Å². The summed E-state index contributed by atoms with van der Waals surface area (Å²) in [5.74, 6) is -0.764. The summed E-state index contributed by atoms with van der Waals surface area (Å²) in [7, 11) is 0. The number of hydrogen-bond acceptors (Lipinski definition) is 4. The van der Waals surface area contributed by atoms with E-state index in [1.54, 1.807) is 19.1 Å². The molecule has 0 saturated carbocycles. The van der Waals surface area contributed by atoms with E-state index in [-0.39, 0.29) is 6.42 Å². The Labute approximate surface area is 82.5 Å². The van der Waals surface area contributed by atoms with Crippen molar-refractivity contribution in [1.29, 1.82) is 0 Å². The SMILES string of the molecule is CC(N)=NCC=CCC(N)(N)C(=O)O. The lowest BCUT2D eigenvalue weighted by atomic mass is 10.1. The lowest BCUT2D eigenvalue weighted by Crippen LogP contribution is -2.55. The summed E-state index contributed by atoms with van der Waals surface area (Å²) in [5.41, 5.74) is 14.1. The molecule has 7 N–H and O–H groups in total. The van der Waals surface area contributed by atoms with Gasteiger partial charge in [0.05, 0.1) is 12.4 Å². The largest absolute Gasteiger partial charge is 0.479 e. The summed E-state index contributed by atoms with van der Waals surface area (Å²) in [6, 6.07) is 0. The number of nitrogens with zero attached hydrogens (tertiary/aromatic N) is 1. The molecule has 0 spiro atoms. The Kier molecular flexibility index (Phi) is 4.82. The van der Waals surface area contributed by atoms with Gasteiger partial charge in [-0.05, 0) is 6.92 Å². The van der Waals surface area contributed by atoms with Gasteiger partial charge < -0.3 is 22.3 Å². The van der Waals surface area contributed by atoms with Crippen molar-refractivity contribution < 1.29 is 9.90 Å². The minimum Gasteiger partial charge on any atom is -0.479 e. The van der Waals surface area contributed by atoms with Crippen molar-refractivity contribution in [3.8, 4) is 0 Å². The highest BCUT2D eigenvalue weighted by atomic mass is 16.4. The molecule has 0 aromatic rings. The Bertz CT molecular complexity index is 254. The highest BCUT2D eigenvalue weighted by Gasteiger charge is 2.26. The number of carbonyl (C=O) groups is 1. The fraction of sp³-hybridized carbons (Fsp3) is 0.500. The molecule has 0 unspecified atom stereocenters. The zero-order valence-electron chi connectivity index (χ0n) is 8.10. The molecule has 14 heavy (non-hydrogen) atoms. The smallest absolute Gasteiger partial charge is 0.338 e. The van der Waals surface area contributed by atoms with Crippen LogP contribution >= 0.6 is 0 Å². The molecule has 6 heteroatoms. The fourth-order valence-corrected chi connectivity index (χ4v) is 0.637. The first-order valence-corrected chi connectivity index (χ1v) is 4.09. The van der Waals surface area contributed by atoms with Crippen molar-refractivity contribution >= 4 is 11.8 Å². The van der Waals surface area contributed by atoms with Crippen molar-refractivity contribution in [3.05, 3.63) is 12.2 Å². The first kappa shape index (κ1) is 12.6. The molecule has 6 nitrogen and oxygen atoms in total. The second-order valence-electron chi connectivity index (χ2n) is 3.00. The Hall–Kier alpha value is -1.40. The summed E-state index contributed by atoms with van der Waals surface area (Å²) < 4.78 is 0. The second-order valence-corrected chi connectivity index (χ2v) is 3.00. The van der Waals surface area contributed by atoms with Gasteiger partial charge in [0.2, 0.25) is 0 Å². The van der Waals surface area contributed by atoms with Crippen LogP contribution in [0.4, 0.5) is 0 Å².